The lowest BCUT2D eigenvalue weighted by atomic mass is 10.1. The lowest BCUT2D eigenvalue weighted by Gasteiger charge is -2.29. The minimum Gasteiger partial charge on any atom is -0.484 e. The average Bonchev–Trinajstić information content (AvgIpc) is 3.13. The van der Waals surface area contributed by atoms with Crippen molar-refractivity contribution >= 4 is 23.2 Å². The third kappa shape index (κ3) is 3.01. The van der Waals surface area contributed by atoms with Crippen LogP contribution >= 0.6 is 23.2 Å². The molecule has 0 amide bonds. The molecule has 2 aromatic rings. The van der Waals surface area contributed by atoms with E-state index in [1.165, 1.54) is 0 Å². The molecule has 1 fully saturated rings. The summed E-state index contributed by atoms with van der Waals surface area (Å²) in [4.78, 5) is 2.18. The highest BCUT2D eigenvalue weighted by Crippen LogP contribution is 2.43. The van der Waals surface area contributed by atoms with Crippen LogP contribution in [0.3, 0.4) is 0 Å². The molecule has 5 heteroatoms. The topological polar surface area (TPSA) is 12.5 Å². The molecule has 0 saturated carbocycles. The maximum Gasteiger partial charge on any atom is 0.140 e. The van der Waals surface area contributed by atoms with Crippen LogP contribution in [-0.2, 0) is 6.42 Å². The maximum atomic E-state index is 13.7. The van der Waals surface area contributed by atoms with E-state index in [4.69, 9.17) is 27.9 Å². The van der Waals surface area contributed by atoms with Gasteiger partial charge in [-0.1, -0.05) is 41.4 Å². The van der Waals surface area contributed by atoms with Crippen LogP contribution in [0.4, 0.5) is 4.39 Å². The second kappa shape index (κ2) is 6.55. The summed E-state index contributed by atoms with van der Waals surface area (Å²) in [5.74, 6) is 0.799. The molecule has 0 N–H and O–H groups in total. The van der Waals surface area contributed by atoms with Gasteiger partial charge < -0.3 is 4.74 Å². The number of fused-ring (bicyclic) bond motifs is 1. The highest BCUT2D eigenvalue weighted by Gasteiger charge is 2.41. The highest BCUT2D eigenvalue weighted by atomic mass is 35.5. The summed E-state index contributed by atoms with van der Waals surface area (Å²) >= 11 is 12.6. The first-order valence-electron chi connectivity index (χ1n) is 8.19. The fourth-order valence-corrected chi connectivity index (χ4v) is 4.35. The van der Waals surface area contributed by atoms with Crippen LogP contribution in [0.15, 0.2) is 42.5 Å². The van der Waals surface area contributed by atoms with Gasteiger partial charge in [0.15, 0.2) is 0 Å². The summed E-state index contributed by atoms with van der Waals surface area (Å²) in [6.45, 7) is 1.21. The fourth-order valence-electron chi connectivity index (χ4n) is 3.77. The van der Waals surface area contributed by atoms with E-state index in [1.807, 2.05) is 36.4 Å². The van der Waals surface area contributed by atoms with Gasteiger partial charge in [-0.2, -0.15) is 0 Å². The molecule has 1 saturated heterocycles. The van der Waals surface area contributed by atoms with Gasteiger partial charge in [0.2, 0.25) is 0 Å². The zero-order valence-corrected chi connectivity index (χ0v) is 14.6. The molecule has 0 radical (unpaired) electrons. The quantitative estimate of drug-likeness (QED) is 0.751. The van der Waals surface area contributed by atoms with E-state index in [-0.39, 0.29) is 12.1 Å². The van der Waals surface area contributed by atoms with Crippen molar-refractivity contribution in [3.8, 4) is 5.75 Å². The zero-order chi connectivity index (χ0) is 16.7. The largest absolute Gasteiger partial charge is 0.484 e. The van der Waals surface area contributed by atoms with Crippen LogP contribution < -0.4 is 4.74 Å². The van der Waals surface area contributed by atoms with Gasteiger partial charge in [-0.15, -0.1) is 0 Å². The molecule has 0 unspecified atom stereocenters. The molecular weight excluding hydrogens is 348 g/mol. The number of likely N-dealkylation sites (tertiary alicyclic amines) is 1. The van der Waals surface area contributed by atoms with Gasteiger partial charge in [0.05, 0.1) is 6.04 Å². The third-order valence-corrected chi connectivity index (χ3v) is 5.46. The molecule has 3 atom stereocenters. The maximum absolute atomic E-state index is 13.7. The molecule has 24 heavy (non-hydrogen) atoms. The van der Waals surface area contributed by atoms with Gasteiger partial charge in [-0.05, 0) is 42.7 Å². The molecule has 4 rings (SSSR count). The minimum absolute atomic E-state index is 0.0805. The second-order valence-corrected chi connectivity index (χ2v) is 7.30. The number of rotatable bonds is 3. The van der Waals surface area contributed by atoms with Gasteiger partial charge in [0.25, 0.3) is 0 Å². The Balaban J connectivity index is 1.70. The van der Waals surface area contributed by atoms with Crippen molar-refractivity contribution in [2.75, 3.05) is 13.1 Å². The van der Waals surface area contributed by atoms with Crippen molar-refractivity contribution < 1.29 is 9.13 Å². The van der Waals surface area contributed by atoms with E-state index < -0.39 is 6.17 Å². The first-order chi connectivity index (χ1) is 11.6. The number of ether oxygens (including phenoxy) is 1. The Kier molecular flexibility index (Phi) is 4.42. The third-order valence-electron chi connectivity index (χ3n) is 4.90. The molecule has 0 bridgehead atoms. The predicted octanol–water partition coefficient (Wildman–Crippen LogP) is 5.08. The van der Waals surface area contributed by atoms with Gasteiger partial charge >= 0.3 is 0 Å². The molecule has 1 heterocycles. The standard InChI is InChI=1S/C19H18Cl2FNO/c20-12-8-16-15(17(21)9-12)10-18(23-7-6-13(22)11-23)19(16)24-14-4-2-1-3-5-14/h1-5,8-9,13,18-19H,6-7,10-11H2/t13-,18+,19+/m1/s1. The van der Waals surface area contributed by atoms with Gasteiger partial charge in [0.1, 0.15) is 18.0 Å². The Labute approximate surface area is 151 Å². The van der Waals surface area contributed by atoms with Gasteiger partial charge in [0, 0.05) is 28.7 Å². The summed E-state index contributed by atoms with van der Waals surface area (Å²) in [7, 11) is 0. The van der Waals surface area contributed by atoms with Crippen LogP contribution in [0.2, 0.25) is 10.0 Å². The highest BCUT2D eigenvalue weighted by molar-refractivity contribution is 6.35. The second-order valence-electron chi connectivity index (χ2n) is 6.46. The summed E-state index contributed by atoms with van der Waals surface area (Å²) in [5.41, 5.74) is 2.08. The van der Waals surface area contributed by atoms with E-state index in [9.17, 15) is 4.39 Å². The lowest BCUT2D eigenvalue weighted by Crippen LogP contribution is -2.38. The summed E-state index contributed by atoms with van der Waals surface area (Å²) in [6.07, 6.45) is 0.392. The number of para-hydroxylation sites is 1. The number of hydrogen-bond donors (Lipinski definition) is 0. The van der Waals surface area contributed by atoms with Crippen LogP contribution in [0.5, 0.6) is 5.75 Å². The van der Waals surface area contributed by atoms with E-state index in [2.05, 4.69) is 4.90 Å². The smallest absolute Gasteiger partial charge is 0.140 e. The first-order valence-corrected chi connectivity index (χ1v) is 8.95. The first kappa shape index (κ1) is 16.2. The minimum atomic E-state index is -0.759. The van der Waals surface area contributed by atoms with Crippen molar-refractivity contribution in [2.45, 2.75) is 31.2 Å². The Morgan fingerprint density at radius 2 is 1.92 bits per heavy atom. The zero-order valence-electron chi connectivity index (χ0n) is 13.1. The van der Waals surface area contributed by atoms with Crippen LogP contribution in [0.1, 0.15) is 23.7 Å². The van der Waals surface area contributed by atoms with Crippen molar-refractivity contribution in [3.05, 3.63) is 63.6 Å². The van der Waals surface area contributed by atoms with Crippen molar-refractivity contribution in [3.63, 3.8) is 0 Å². The Bertz CT molecular complexity index is 740. The summed E-state index contributed by atoms with van der Waals surface area (Å²) in [5, 5.41) is 1.27. The Hall–Kier alpha value is -1.29. The molecule has 126 valence electrons. The molecule has 0 aromatic heterocycles. The normalized spacial score (nSPS) is 26.5. The van der Waals surface area contributed by atoms with Crippen LogP contribution in [0.25, 0.3) is 0 Å². The number of hydrogen-bond acceptors (Lipinski definition) is 2. The van der Waals surface area contributed by atoms with E-state index in [1.54, 1.807) is 6.07 Å². The van der Waals surface area contributed by atoms with E-state index in [0.29, 0.717) is 23.0 Å². The van der Waals surface area contributed by atoms with Crippen molar-refractivity contribution in [1.29, 1.82) is 0 Å². The molecule has 2 nitrogen and oxygen atoms in total. The van der Waals surface area contributed by atoms with Crippen LogP contribution in [-0.4, -0.2) is 30.2 Å². The monoisotopic (exact) mass is 365 g/mol. The molecule has 0 spiro atoms. The molecular formula is C19H18Cl2FNO. The summed E-state index contributed by atoms with van der Waals surface area (Å²) < 4.78 is 20.0. The lowest BCUT2D eigenvalue weighted by molar-refractivity contribution is 0.0897. The van der Waals surface area contributed by atoms with Gasteiger partial charge in [-0.25, -0.2) is 4.39 Å². The van der Waals surface area contributed by atoms with Crippen molar-refractivity contribution in [1.82, 2.24) is 4.90 Å². The van der Waals surface area contributed by atoms with E-state index in [0.717, 1.165) is 29.8 Å². The number of nitrogens with zero attached hydrogens (tertiary/aromatic N) is 1. The predicted molar refractivity (Wildman–Crippen MR) is 94.9 cm³/mol. The number of alkyl halides is 1. The van der Waals surface area contributed by atoms with Crippen molar-refractivity contribution in [2.24, 2.45) is 0 Å². The van der Waals surface area contributed by atoms with E-state index >= 15 is 0 Å². The molecule has 1 aliphatic heterocycles. The number of benzene rings is 2. The van der Waals surface area contributed by atoms with Gasteiger partial charge in [-0.3, -0.25) is 4.90 Å². The fraction of sp³-hybridized carbons (Fsp3) is 0.368. The molecule has 2 aliphatic rings. The molecule has 2 aromatic carbocycles. The van der Waals surface area contributed by atoms with Crippen LogP contribution in [0, 0.1) is 0 Å². The molecule has 1 aliphatic carbocycles. The Morgan fingerprint density at radius 1 is 1.12 bits per heavy atom. The average molecular weight is 366 g/mol. The number of halogens is 3. The SMILES string of the molecule is F[C@@H]1CCN([C@H]2Cc3c(Cl)cc(Cl)cc3[C@@H]2Oc2ccccc2)C1. The Morgan fingerprint density at radius 3 is 2.62 bits per heavy atom. The summed E-state index contributed by atoms with van der Waals surface area (Å²) in [6, 6.07) is 13.5.